The lowest BCUT2D eigenvalue weighted by Gasteiger charge is -2.08. The number of fused-ring (bicyclic) bond motifs is 1. The minimum Gasteiger partial charge on any atom is -0.324 e. The number of para-hydroxylation sites is 1. The number of nitrogens with one attached hydrogen (secondary N) is 1. The minimum absolute atomic E-state index is 0.184. The maximum atomic E-state index is 12.4. The van der Waals surface area contributed by atoms with Crippen LogP contribution < -0.4 is 5.32 Å². The Morgan fingerprint density at radius 1 is 1.17 bits per heavy atom. The highest BCUT2D eigenvalue weighted by Crippen LogP contribution is 2.37. The molecule has 1 amide bonds. The highest BCUT2D eigenvalue weighted by atomic mass is 32.2. The first kappa shape index (κ1) is 19.1. The van der Waals surface area contributed by atoms with Crippen molar-refractivity contribution in [2.75, 3.05) is 11.1 Å². The quantitative estimate of drug-likeness (QED) is 0.354. The molecule has 0 radical (unpaired) electrons. The summed E-state index contributed by atoms with van der Waals surface area (Å²) in [6.07, 6.45) is 1.53. The number of thiophene rings is 1. The van der Waals surface area contributed by atoms with Crippen LogP contribution in [0.1, 0.15) is 11.1 Å². The van der Waals surface area contributed by atoms with Crippen molar-refractivity contribution in [3.05, 3.63) is 71.4 Å². The van der Waals surface area contributed by atoms with Gasteiger partial charge in [-0.15, -0.1) is 11.3 Å². The van der Waals surface area contributed by atoms with Gasteiger partial charge in [-0.3, -0.25) is 4.79 Å². The predicted octanol–water partition coefficient (Wildman–Crippen LogP) is 5.27. The summed E-state index contributed by atoms with van der Waals surface area (Å²) in [5.74, 6) is 0.00582. The number of rotatable bonds is 5. The van der Waals surface area contributed by atoms with E-state index in [2.05, 4.69) is 57.9 Å². The molecule has 2 aromatic heterocycles. The zero-order valence-electron chi connectivity index (χ0n) is 15.5. The number of carbonyl (C=O) groups excluding carboxylic acids is 1. The van der Waals surface area contributed by atoms with Crippen LogP contribution in [0, 0.1) is 18.3 Å². The Kier molecular flexibility index (Phi) is 5.56. The van der Waals surface area contributed by atoms with Gasteiger partial charge < -0.3 is 5.32 Å². The Morgan fingerprint density at radius 3 is 2.76 bits per heavy atom. The number of aryl methyl sites for hydroxylation is 1. The first-order valence-electron chi connectivity index (χ1n) is 8.86. The van der Waals surface area contributed by atoms with Crippen molar-refractivity contribution in [1.82, 2.24) is 9.97 Å². The number of nitrogens with zero attached hydrogens (tertiary/aromatic N) is 3. The molecule has 2 heterocycles. The number of anilines is 1. The monoisotopic (exact) mass is 416 g/mol. The van der Waals surface area contributed by atoms with Crippen molar-refractivity contribution in [2.45, 2.75) is 11.9 Å². The van der Waals surface area contributed by atoms with Crippen LogP contribution in [-0.2, 0) is 4.79 Å². The largest absolute Gasteiger partial charge is 0.324 e. The second kappa shape index (κ2) is 8.43. The molecule has 0 spiro atoms. The molecule has 0 saturated carbocycles. The number of nitriles is 1. The maximum Gasteiger partial charge on any atom is 0.234 e. The fourth-order valence-electron chi connectivity index (χ4n) is 2.91. The van der Waals surface area contributed by atoms with Gasteiger partial charge in [-0.05, 0) is 24.6 Å². The van der Waals surface area contributed by atoms with Crippen LogP contribution in [0.3, 0.4) is 0 Å². The van der Waals surface area contributed by atoms with E-state index in [9.17, 15) is 4.79 Å². The summed E-state index contributed by atoms with van der Waals surface area (Å²) < 4.78 is 0. The molecule has 5 nitrogen and oxygen atoms in total. The van der Waals surface area contributed by atoms with Gasteiger partial charge in [0, 0.05) is 10.9 Å². The van der Waals surface area contributed by atoms with E-state index in [1.54, 1.807) is 35.6 Å². The van der Waals surface area contributed by atoms with Crippen molar-refractivity contribution in [3.63, 3.8) is 0 Å². The third kappa shape index (κ3) is 4.14. The van der Waals surface area contributed by atoms with Gasteiger partial charge in [0.15, 0.2) is 0 Å². The number of thioether (sulfide) groups is 1. The van der Waals surface area contributed by atoms with Crippen LogP contribution in [0.4, 0.5) is 5.69 Å². The smallest absolute Gasteiger partial charge is 0.234 e. The van der Waals surface area contributed by atoms with Crippen molar-refractivity contribution in [2.24, 2.45) is 0 Å². The van der Waals surface area contributed by atoms with Gasteiger partial charge in [0.1, 0.15) is 22.3 Å². The Bertz CT molecular complexity index is 1230. The van der Waals surface area contributed by atoms with E-state index >= 15 is 0 Å². The second-order valence-corrected chi connectivity index (χ2v) is 8.19. The van der Waals surface area contributed by atoms with Gasteiger partial charge >= 0.3 is 0 Å². The second-order valence-electron chi connectivity index (χ2n) is 6.37. The molecule has 0 saturated heterocycles. The predicted molar refractivity (Wildman–Crippen MR) is 118 cm³/mol. The molecular formula is C22H16N4OS2. The number of amides is 1. The molecule has 29 heavy (non-hydrogen) atoms. The van der Waals surface area contributed by atoms with E-state index in [1.807, 2.05) is 0 Å². The Hall–Kier alpha value is -3.21. The third-order valence-corrected chi connectivity index (χ3v) is 6.24. The van der Waals surface area contributed by atoms with Crippen LogP contribution in [0.15, 0.2) is 65.3 Å². The standard InChI is InChI=1S/C22H16N4OS2/c1-14-6-8-15(9-7-14)17-11-28-21-20(17)22(25-13-24-21)29-12-19(27)26-18-5-3-2-4-16(18)10-23/h2-9,11,13H,12H2,1H3,(H,26,27). The number of hydrogen-bond acceptors (Lipinski definition) is 6. The first-order valence-corrected chi connectivity index (χ1v) is 10.7. The van der Waals surface area contributed by atoms with Crippen molar-refractivity contribution in [3.8, 4) is 17.2 Å². The zero-order valence-corrected chi connectivity index (χ0v) is 17.2. The van der Waals surface area contributed by atoms with Crippen molar-refractivity contribution in [1.29, 1.82) is 5.26 Å². The summed E-state index contributed by atoms with van der Waals surface area (Å²) in [5, 5.41) is 15.8. The van der Waals surface area contributed by atoms with Gasteiger partial charge in [-0.1, -0.05) is 53.7 Å². The van der Waals surface area contributed by atoms with Gasteiger partial charge in [-0.2, -0.15) is 5.26 Å². The molecule has 0 atom stereocenters. The van der Waals surface area contributed by atoms with E-state index in [0.717, 1.165) is 26.4 Å². The summed E-state index contributed by atoms with van der Waals surface area (Å²) >= 11 is 2.94. The molecule has 2 aromatic carbocycles. The molecule has 0 aliphatic rings. The molecule has 0 fully saturated rings. The Balaban J connectivity index is 1.57. The van der Waals surface area contributed by atoms with Crippen molar-refractivity contribution < 1.29 is 4.79 Å². The first-order chi connectivity index (χ1) is 14.2. The average molecular weight is 417 g/mol. The molecule has 0 aliphatic carbocycles. The summed E-state index contributed by atoms with van der Waals surface area (Å²) in [4.78, 5) is 22.1. The fourth-order valence-corrected chi connectivity index (χ4v) is 4.71. The van der Waals surface area contributed by atoms with Crippen LogP contribution >= 0.6 is 23.1 Å². The van der Waals surface area contributed by atoms with Crippen LogP contribution in [0.25, 0.3) is 21.3 Å². The lowest BCUT2D eigenvalue weighted by Crippen LogP contribution is -2.15. The van der Waals surface area contributed by atoms with Crippen molar-refractivity contribution >= 4 is 44.9 Å². The maximum absolute atomic E-state index is 12.4. The third-order valence-electron chi connectivity index (χ3n) is 4.36. The lowest BCUT2D eigenvalue weighted by molar-refractivity contribution is -0.113. The Morgan fingerprint density at radius 2 is 1.97 bits per heavy atom. The zero-order chi connectivity index (χ0) is 20.2. The van der Waals surface area contributed by atoms with Gasteiger partial charge in [0.2, 0.25) is 5.91 Å². The average Bonchev–Trinajstić information content (AvgIpc) is 3.18. The number of carbonyl (C=O) groups is 1. The molecular weight excluding hydrogens is 400 g/mol. The number of benzene rings is 2. The molecule has 7 heteroatoms. The van der Waals surface area contributed by atoms with E-state index in [4.69, 9.17) is 5.26 Å². The topological polar surface area (TPSA) is 78.7 Å². The van der Waals surface area contributed by atoms with E-state index in [0.29, 0.717) is 11.3 Å². The molecule has 0 unspecified atom stereocenters. The van der Waals surface area contributed by atoms with Crippen LogP contribution in [-0.4, -0.2) is 21.6 Å². The minimum atomic E-state index is -0.184. The SMILES string of the molecule is Cc1ccc(-c2csc3ncnc(SCC(=O)Nc4ccccc4C#N)c23)cc1. The van der Waals surface area contributed by atoms with E-state index < -0.39 is 0 Å². The number of aromatic nitrogens is 2. The summed E-state index contributed by atoms with van der Waals surface area (Å²) in [7, 11) is 0. The Labute approximate surface area is 176 Å². The molecule has 1 N–H and O–H groups in total. The molecule has 4 rings (SSSR count). The highest BCUT2D eigenvalue weighted by molar-refractivity contribution is 8.00. The van der Waals surface area contributed by atoms with Gasteiger partial charge in [0.25, 0.3) is 0 Å². The lowest BCUT2D eigenvalue weighted by atomic mass is 10.1. The molecule has 0 bridgehead atoms. The van der Waals surface area contributed by atoms with Gasteiger partial charge in [-0.25, -0.2) is 9.97 Å². The number of hydrogen-bond donors (Lipinski definition) is 1. The van der Waals surface area contributed by atoms with E-state index in [1.165, 1.54) is 23.7 Å². The molecule has 0 aliphatic heterocycles. The van der Waals surface area contributed by atoms with Gasteiger partial charge in [0.05, 0.1) is 22.4 Å². The fraction of sp³-hybridized carbons (Fsp3) is 0.0909. The summed E-state index contributed by atoms with van der Waals surface area (Å²) in [5.41, 5.74) is 4.33. The van der Waals surface area contributed by atoms with Crippen LogP contribution in [0.2, 0.25) is 0 Å². The van der Waals surface area contributed by atoms with E-state index in [-0.39, 0.29) is 11.7 Å². The normalized spacial score (nSPS) is 10.6. The summed E-state index contributed by atoms with van der Waals surface area (Å²) in [6, 6.07) is 17.4. The molecule has 4 aromatic rings. The summed E-state index contributed by atoms with van der Waals surface area (Å²) in [6.45, 7) is 2.06. The van der Waals surface area contributed by atoms with Crippen LogP contribution in [0.5, 0.6) is 0 Å². The molecule has 142 valence electrons. The highest BCUT2D eigenvalue weighted by Gasteiger charge is 2.15.